The lowest BCUT2D eigenvalue weighted by Crippen LogP contribution is -2.23. The van der Waals surface area contributed by atoms with E-state index in [0.29, 0.717) is 42.0 Å². The summed E-state index contributed by atoms with van der Waals surface area (Å²) in [6, 6.07) is 10.6. The van der Waals surface area contributed by atoms with Crippen molar-refractivity contribution in [3.05, 3.63) is 63.1 Å². The average molecular weight is 396 g/mol. The molecule has 0 heterocycles. The Labute approximate surface area is 164 Å². The molecule has 0 radical (unpaired) electrons. The van der Waals surface area contributed by atoms with Gasteiger partial charge in [-0.2, -0.15) is 0 Å². The molecule has 0 bridgehead atoms. The summed E-state index contributed by atoms with van der Waals surface area (Å²) in [5.74, 6) is 0.553. The topological polar surface area (TPSA) is 47.6 Å². The maximum atomic E-state index is 12.5. The molecule has 2 aromatic carbocycles. The van der Waals surface area contributed by atoms with Crippen molar-refractivity contribution in [2.75, 3.05) is 13.2 Å². The second kappa shape index (κ2) is 10.4. The van der Waals surface area contributed by atoms with E-state index in [2.05, 4.69) is 12.2 Å². The summed E-state index contributed by atoms with van der Waals surface area (Å²) in [5.41, 5.74) is 2.22. The number of halogens is 2. The van der Waals surface area contributed by atoms with Crippen LogP contribution in [0.1, 0.15) is 41.8 Å². The summed E-state index contributed by atoms with van der Waals surface area (Å²) >= 11 is 12.0. The van der Waals surface area contributed by atoms with Gasteiger partial charge in [0.1, 0.15) is 5.75 Å². The van der Waals surface area contributed by atoms with Gasteiger partial charge in [-0.1, -0.05) is 36.2 Å². The van der Waals surface area contributed by atoms with E-state index in [9.17, 15) is 4.79 Å². The van der Waals surface area contributed by atoms with Gasteiger partial charge >= 0.3 is 0 Å². The van der Waals surface area contributed by atoms with Crippen LogP contribution in [0.2, 0.25) is 10.0 Å². The van der Waals surface area contributed by atoms with Gasteiger partial charge < -0.3 is 14.8 Å². The fourth-order valence-corrected chi connectivity index (χ4v) is 2.87. The number of carbonyl (C=O) groups is 1. The fourth-order valence-electron chi connectivity index (χ4n) is 2.40. The van der Waals surface area contributed by atoms with Gasteiger partial charge in [-0.25, -0.2) is 0 Å². The normalized spacial score (nSPS) is 10.6. The van der Waals surface area contributed by atoms with Gasteiger partial charge in [0, 0.05) is 34.3 Å². The van der Waals surface area contributed by atoms with Crippen LogP contribution in [0.15, 0.2) is 36.4 Å². The zero-order chi connectivity index (χ0) is 18.9. The van der Waals surface area contributed by atoms with Gasteiger partial charge in [0.05, 0.1) is 13.2 Å². The monoisotopic (exact) mass is 395 g/mol. The quantitative estimate of drug-likeness (QED) is 0.589. The second-order valence-corrected chi connectivity index (χ2v) is 6.57. The fraction of sp³-hybridized carbons (Fsp3) is 0.350. The number of nitrogens with one attached hydrogen (secondary N) is 1. The molecule has 0 aliphatic carbocycles. The summed E-state index contributed by atoms with van der Waals surface area (Å²) in [7, 11) is 0. The zero-order valence-corrected chi connectivity index (χ0v) is 16.5. The number of hydrogen-bond donors (Lipinski definition) is 1. The third kappa shape index (κ3) is 5.90. The molecule has 6 heteroatoms. The highest BCUT2D eigenvalue weighted by molar-refractivity contribution is 6.35. The summed E-state index contributed by atoms with van der Waals surface area (Å²) < 4.78 is 11.2. The molecule has 140 valence electrons. The van der Waals surface area contributed by atoms with Gasteiger partial charge in [0.25, 0.3) is 5.91 Å². The van der Waals surface area contributed by atoms with E-state index in [1.54, 1.807) is 36.4 Å². The van der Waals surface area contributed by atoms with Gasteiger partial charge in [0.2, 0.25) is 0 Å². The SMILES string of the molecule is CCCOCc1cc(C(=O)NCc2ccc(Cl)cc2Cl)ccc1OCC. The molecule has 2 rings (SSSR count). The Hall–Kier alpha value is -1.75. The number of ether oxygens (including phenoxy) is 2. The number of hydrogen-bond acceptors (Lipinski definition) is 3. The number of carbonyl (C=O) groups excluding carboxylic acids is 1. The summed E-state index contributed by atoms with van der Waals surface area (Å²) in [5, 5.41) is 3.96. The maximum absolute atomic E-state index is 12.5. The third-order valence-corrected chi connectivity index (χ3v) is 4.27. The van der Waals surface area contributed by atoms with Crippen LogP contribution in [0.3, 0.4) is 0 Å². The first kappa shape index (κ1) is 20.6. The van der Waals surface area contributed by atoms with Crippen LogP contribution in [0.25, 0.3) is 0 Å². The van der Waals surface area contributed by atoms with E-state index >= 15 is 0 Å². The molecular weight excluding hydrogens is 373 g/mol. The molecule has 1 N–H and O–H groups in total. The molecule has 2 aromatic rings. The van der Waals surface area contributed by atoms with E-state index in [1.807, 2.05) is 6.92 Å². The molecule has 26 heavy (non-hydrogen) atoms. The Bertz CT molecular complexity index is 750. The number of amides is 1. The summed E-state index contributed by atoms with van der Waals surface area (Å²) in [6.07, 6.45) is 0.937. The van der Waals surface area contributed by atoms with Crippen LogP contribution in [0.5, 0.6) is 5.75 Å². The van der Waals surface area contributed by atoms with Crippen molar-refractivity contribution in [1.82, 2.24) is 5.32 Å². The Morgan fingerprint density at radius 2 is 1.88 bits per heavy atom. The van der Waals surface area contributed by atoms with Gasteiger partial charge in [0.15, 0.2) is 0 Å². The number of rotatable bonds is 9. The van der Waals surface area contributed by atoms with Crippen molar-refractivity contribution in [2.24, 2.45) is 0 Å². The number of benzene rings is 2. The average Bonchev–Trinajstić information content (AvgIpc) is 2.62. The Morgan fingerprint density at radius 3 is 2.58 bits per heavy atom. The first-order chi connectivity index (χ1) is 12.5. The second-order valence-electron chi connectivity index (χ2n) is 5.73. The molecular formula is C20H23Cl2NO3. The van der Waals surface area contributed by atoms with Crippen molar-refractivity contribution in [1.29, 1.82) is 0 Å². The van der Waals surface area contributed by atoms with E-state index < -0.39 is 0 Å². The Balaban J connectivity index is 2.08. The predicted octanol–water partition coefficient (Wildman–Crippen LogP) is 5.25. The van der Waals surface area contributed by atoms with Crippen LogP contribution in [0, 0.1) is 0 Å². The first-order valence-corrected chi connectivity index (χ1v) is 9.36. The molecule has 0 spiro atoms. The smallest absolute Gasteiger partial charge is 0.251 e. The molecule has 0 aliphatic heterocycles. The van der Waals surface area contributed by atoms with E-state index in [0.717, 1.165) is 23.3 Å². The first-order valence-electron chi connectivity index (χ1n) is 8.60. The minimum Gasteiger partial charge on any atom is -0.494 e. The van der Waals surface area contributed by atoms with Crippen LogP contribution in [-0.4, -0.2) is 19.1 Å². The zero-order valence-electron chi connectivity index (χ0n) is 15.0. The molecule has 0 unspecified atom stereocenters. The van der Waals surface area contributed by atoms with Crippen molar-refractivity contribution in [3.8, 4) is 5.75 Å². The van der Waals surface area contributed by atoms with Crippen LogP contribution in [-0.2, 0) is 17.9 Å². The minimum atomic E-state index is -0.184. The van der Waals surface area contributed by atoms with Crippen molar-refractivity contribution < 1.29 is 14.3 Å². The molecule has 0 aliphatic rings. The molecule has 0 fully saturated rings. The van der Waals surface area contributed by atoms with Gasteiger partial charge in [-0.3, -0.25) is 4.79 Å². The van der Waals surface area contributed by atoms with Crippen molar-refractivity contribution in [2.45, 2.75) is 33.4 Å². The van der Waals surface area contributed by atoms with E-state index in [4.69, 9.17) is 32.7 Å². The van der Waals surface area contributed by atoms with Crippen LogP contribution >= 0.6 is 23.2 Å². The van der Waals surface area contributed by atoms with Crippen LogP contribution in [0.4, 0.5) is 0 Å². The lowest BCUT2D eigenvalue weighted by atomic mass is 10.1. The van der Waals surface area contributed by atoms with Crippen LogP contribution < -0.4 is 10.1 Å². The minimum absolute atomic E-state index is 0.184. The molecule has 0 atom stereocenters. The highest BCUT2D eigenvalue weighted by atomic mass is 35.5. The molecule has 0 saturated heterocycles. The third-order valence-electron chi connectivity index (χ3n) is 3.68. The van der Waals surface area contributed by atoms with E-state index in [1.165, 1.54) is 0 Å². The maximum Gasteiger partial charge on any atom is 0.251 e. The van der Waals surface area contributed by atoms with Gasteiger partial charge in [-0.15, -0.1) is 0 Å². The Kier molecular flexibility index (Phi) is 8.23. The van der Waals surface area contributed by atoms with Crippen molar-refractivity contribution in [3.63, 3.8) is 0 Å². The summed E-state index contributed by atoms with van der Waals surface area (Å²) in [6.45, 7) is 5.93. The summed E-state index contributed by atoms with van der Waals surface area (Å²) in [4.78, 5) is 12.5. The highest BCUT2D eigenvalue weighted by Gasteiger charge is 2.11. The molecule has 0 saturated carbocycles. The predicted molar refractivity (Wildman–Crippen MR) is 105 cm³/mol. The molecule has 4 nitrogen and oxygen atoms in total. The largest absolute Gasteiger partial charge is 0.494 e. The highest BCUT2D eigenvalue weighted by Crippen LogP contribution is 2.23. The molecule has 0 aromatic heterocycles. The standard InChI is InChI=1S/C20H23Cl2NO3/c1-3-9-25-13-16-10-14(6-8-19(16)26-4-2)20(24)23-12-15-5-7-17(21)11-18(15)22/h5-8,10-11H,3-4,9,12-13H2,1-2H3,(H,23,24). The van der Waals surface area contributed by atoms with Crippen molar-refractivity contribution >= 4 is 29.1 Å². The molecule has 1 amide bonds. The lowest BCUT2D eigenvalue weighted by Gasteiger charge is -2.13. The lowest BCUT2D eigenvalue weighted by molar-refractivity contribution is 0.0950. The van der Waals surface area contributed by atoms with E-state index in [-0.39, 0.29) is 5.91 Å². The Morgan fingerprint density at radius 1 is 1.08 bits per heavy atom. The van der Waals surface area contributed by atoms with Gasteiger partial charge in [-0.05, 0) is 49.2 Å².